The van der Waals surface area contributed by atoms with Gasteiger partial charge in [-0.15, -0.1) is 12.4 Å². The Morgan fingerprint density at radius 1 is 1.44 bits per heavy atom. The van der Waals surface area contributed by atoms with Crippen molar-refractivity contribution in [2.45, 2.75) is 11.8 Å². The molecular weight excluding hydrogens is 271 g/mol. The summed E-state index contributed by atoms with van der Waals surface area (Å²) in [6.07, 6.45) is 0. The van der Waals surface area contributed by atoms with E-state index < -0.39 is 10.0 Å². The number of nitrogens with two attached hydrogens (primary N) is 1. The molecule has 1 aromatic rings. The van der Waals surface area contributed by atoms with Crippen LogP contribution in [0, 0.1) is 6.92 Å². The number of hydrogen-bond donors (Lipinski definition) is 2. The third-order valence-electron chi connectivity index (χ3n) is 1.81. The summed E-state index contributed by atoms with van der Waals surface area (Å²) in [6, 6.07) is 4.85. The SMILES string of the molecule is Cc1ccc(Cl)c(S(=O)(=O)NCCN)c1.Cl. The van der Waals surface area contributed by atoms with Crippen LogP contribution in [-0.4, -0.2) is 21.5 Å². The fourth-order valence-corrected chi connectivity index (χ4v) is 2.72. The van der Waals surface area contributed by atoms with E-state index in [1.165, 1.54) is 6.07 Å². The van der Waals surface area contributed by atoms with E-state index in [4.69, 9.17) is 17.3 Å². The zero-order valence-corrected chi connectivity index (χ0v) is 11.1. The number of nitrogens with one attached hydrogen (secondary N) is 1. The average molecular weight is 285 g/mol. The van der Waals surface area contributed by atoms with Gasteiger partial charge in [0.1, 0.15) is 4.90 Å². The second-order valence-electron chi connectivity index (χ2n) is 3.12. The van der Waals surface area contributed by atoms with Crippen molar-refractivity contribution in [3.63, 3.8) is 0 Å². The molecule has 0 heterocycles. The lowest BCUT2D eigenvalue weighted by Crippen LogP contribution is -2.29. The normalized spacial score (nSPS) is 10.9. The van der Waals surface area contributed by atoms with Gasteiger partial charge in [0.2, 0.25) is 10.0 Å². The maximum atomic E-state index is 11.7. The highest BCUT2D eigenvalue weighted by molar-refractivity contribution is 7.89. The van der Waals surface area contributed by atoms with E-state index in [2.05, 4.69) is 4.72 Å². The molecule has 4 nitrogen and oxygen atoms in total. The standard InChI is InChI=1S/C9H13ClN2O2S.ClH/c1-7-2-3-8(10)9(6-7)15(13,14)12-5-4-11;/h2-3,6,12H,4-5,11H2,1H3;1H. The molecule has 0 fully saturated rings. The topological polar surface area (TPSA) is 72.2 Å². The molecule has 0 saturated carbocycles. The lowest BCUT2D eigenvalue weighted by molar-refractivity contribution is 0.582. The van der Waals surface area contributed by atoms with Crippen molar-refractivity contribution in [3.05, 3.63) is 28.8 Å². The van der Waals surface area contributed by atoms with Crippen molar-refractivity contribution in [2.75, 3.05) is 13.1 Å². The van der Waals surface area contributed by atoms with Gasteiger partial charge >= 0.3 is 0 Å². The first kappa shape index (κ1) is 15.7. The average Bonchev–Trinajstić information content (AvgIpc) is 2.18. The first-order valence-corrected chi connectivity index (χ1v) is 6.29. The monoisotopic (exact) mass is 284 g/mol. The van der Waals surface area contributed by atoms with Crippen LogP contribution in [0.5, 0.6) is 0 Å². The minimum absolute atomic E-state index is 0. The smallest absolute Gasteiger partial charge is 0.242 e. The number of benzene rings is 1. The number of sulfonamides is 1. The van der Waals surface area contributed by atoms with Crippen molar-refractivity contribution in [2.24, 2.45) is 5.73 Å². The highest BCUT2D eigenvalue weighted by Gasteiger charge is 2.16. The molecule has 1 aromatic carbocycles. The molecule has 0 aliphatic rings. The van der Waals surface area contributed by atoms with Crippen LogP contribution in [0.2, 0.25) is 5.02 Å². The molecule has 7 heteroatoms. The van der Waals surface area contributed by atoms with Crippen molar-refractivity contribution in [1.29, 1.82) is 0 Å². The van der Waals surface area contributed by atoms with Crippen LogP contribution in [0.25, 0.3) is 0 Å². The van der Waals surface area contributed by atoms with Gasteiger partial charge in [-0.05, 0) is 24.6 Å². The van der Waals surface area contributed by atoms with E-state index in [1.54, 1.807) is 19.1 Å². The van der Waals surface area contributed by atoms with Crippen molar-refractivity contribution in [3.8, 4) is 0 Å². The fourth-order valence-electron chi connectivity index (χ4n) is 1.09. The van der Waals surface area contributed by atoms with Crippen molar-refractivity contribution < 1.29 is 8.42 Å². The quantitative estimate of drug-likeness (QED) is 0.876. The largest absolute Gasteiger partial charge is 0.329 e. The van der Waals surface area contributed by atoms with Crippen LogP contribution in [0.15, 0.2) is 23.1 Å². The molecular formula is C9H14Cl2N2O2S. The van der Waals surface area contributed by atoms with Crippen molar-refractivity contribution >= 4 is 34.0 Å². The van der Waals surface area contributed by atoms with Gasteiger partial charge in [-0.1, -0.05) is 17.7 Å². The minimum atomic E-state index is -3.54. The molecule has 3 N–H and O–H groups in total. The van der Waals surface area contributed by atoms with Gasteiger partial charge in [-0.2, -0.15) is 0 Å². The van der Waals surface area contributed by atoms with Gasteiger partial charge in [0.25, 0.3) is 0 Å². The van der Waals surface area contributed by atoms with Gasteiger partial charge in [0.05, 0.1) is 5.02 Å². The molecule has 0 atom stereocenters. The summed E-state index contributed by atoms with van der Waals surface area (Å²) in [5, 5.41) is 0.213. The highest BCUT2D eigenvalue weighted by Crippen LogP contribution is 2.21. The molecule has 0 amide bonds. The molecule has 1 rings (SSSR count). The van der Waals surface area contributed by atoms with E-state index in [9.17, 15) is 8.42 Å². The van der Waals surface area contributed by atoms with E-state index in [0.29, 0.717) is 0 Å². The lowest BCUT2D eigenvalue weighted by atomic mass is 10.2. The van der Waals surface area contributed by atoms with Gasteiger partial charge in [0, 0.05) is 13.1 Å². The predicted octanol–water partition coefficient (Wildman–Crippen LogP) is 1.31. The summed E-state index contributed by atoms with van der Waals surface area (Å²) in [5.74, 6) is 0. The van der Waals surface area contributed by atoms with E-state index in [0.717, 1.165) is 5.56 Å². The molecule has 0 unspecified atom stereocenters. The summed E-state index contributed by atoms with van der Waals surface area (Å²) in [4.78, 5) is 0.0950. The molecule has 16 heavy (non-hydrogen) atoms. The highest BCUT2D eigenvalue weighted by atomic mass is 35.5. The summed E-state index contributed by atoms with van der Waals surface area (Å²) in [5.41, 5.74) is 6.06. The van der Waals surface area contributed by atoms with E-state index >= 15 is 0 Å². The number of hydrogen-bond acceptors (Lipinski definition) is 3. The fraction of sp³-hybridized carbons (Fsp3) is 0.333. The van der Waals surface area contributed by atoms with E-state index in [-0.39, 0.29) is 35.4 Å². The Hall–Kier alpha value is -0.330. The molecule has 0 bridgehead atoms. The molecule has 0 spiro atoms. The molecule has 0 aliphatic heterocycles. The molecule has 92 valence electrons. The Morgan fingerprint density at radius 2 is 2.06 bits per heavy atom. The first-order chi connectivity index (χ1) is 6.97. The third kappa shape index (κ3) is 3.92. The Kier molecular flexibility index (Phi) is 6.28. The number of aryl methyl sites for hydroxylation is 1. The summed E-state index contributed by atoms with van der Waals surface area (Å²) >= 11 is 5.81. The minimum Gasteiger partial charge on any atom is -0.329 e. The maximum absolute atomic E-state index is 11.7. The molecule has 0 saturated heterocycles. The number of rotatable bonds is 4. The summed E-state index contributed by atoms with van der Waals surface area (Å²) in [7, 11) is -3.54. The lowest BCUT2D eigenvalue weighted by Gasteiger charge is -2.07. The maximum Gasteiger partial charge on any atom is 0.242 e. The van der Waals surface area contributed by atoms with E-state index in [1.807, 2.05) is 0 Å². The van der Waals surface area contributed by atoms with Crippen LogP contribution in [0.3, 0.4) is 0 Å². The molecule has 0 radical (unpaired) electrons. The Labute approximate surface area is 107 Å². The van der Waals surface area contributed by atoms with Crippen LogP contribution < -0.4 is 10.5 Å². The second kappa shape index (κ2) is 6.42. The van der Waals surface area contributed by atoms with Crippen LogP contribution in [0.4, 0.5) is 0 Å². The van der Waals surface area contributed by atoms with Crippen molar-refractivity contribution in [1.82, 2.24) is 4.72 Å². The summed E-state index contributed by atoms with van der Waals surface area (Å²) < 4.78 is 25.8. The third-order valence-corrected chi connectivity index (χ3v) is 3.76. The van der Waals surface area contributed by atoms with Crippen LogP contribution in [0.1, 0.15) is 5.56 Å². The zero-order valence-electron chi connectivity index (χ0n) is 8.73. The Balaban J connectivity index is 0.00000225. The van der Waals surface area contributed by atoms with Gasteiger partial charge < -0.3 is 5.73 Å². The summed E-state index contributed by atoms with van der Waals surface area (Å²) in [6.45, 7) is 2.26. The second-order valence-corrected chi connectivity index (χ2v) is 5.26. The number of halogens is 2. The van der Waals surface area contributed by atoms with Gasteiger partial charge in [-0.25, -0.2) is 13.1 Å². The zero-order chi connectivity index (χ0) is 11.5. The van der Waals surface area contributed by atoms with Crippen LogP contribution in [-0.2, 0) is 10.0 Å². The Morgan fingerprint density at radius 3 is 2.62 bits per heavy atom. The van der Waals surface area contributed by atoms with Gasteiger partial charge in [-0.3, -0.25) is 0 Å². The molecule has 0 aliphatic carbocycles. The van der Waals surface area contributed by atoms with Gasteiger partial charge in [0.15, 0.2) is 0 Å². The predicted molar refractivity (Wildman–Crippen MR) is 67.7 cm³/mol. The molecule has 0 aromatic heterocycles. The Bertz CT molecular complexity index is 449. The first-order valence-electron chi connectivity index (χ1n) is 4.43. The van der Waals surface area contributed by atoms with Crippen LogP contribution >= 0.6 is 24.0 Å².